The summed E-state index contributed by atoms with van der Waals surface area (Å²) >= 11 is 0. The fourth-order valence-corrected chi connectivity index (χ4v) is 1.05. The van der Waals surface area contributed by atoms with Crippen molar-refractivity contribution in [2.24, 2.45) is 0 Å². The maximum atomic E-state index is 9.46. The molecule has 2 atom stereocenters. The van der Waals surface area contributed by atoms with Gasteiger partial charge >= 0.3 is 0 Å². The van der Waals surface area contributed by atoms with Crippen LogP contribution in [-0.4, -0.2) is 22.6 Å². The van der Waals surface area contributed by atoms with Gasteiger partial charge in [-0.3, -0.25) is 5.26 Å². The number of unbranched alkanes of at least 4 members (excludes halogenated alkanes) is 1. The van der Waals surface area contributed by atoms with Gasteiger partial charge in [0.1, 0.15) is 6.10 Å². The summed E-state index contributed by atoms with van der Waals surface area (Å²) in [6.45, 7) is 7.37. The molecule has 0 aliphatic rings. The molecule has 0 bridgehead atoms. The predicted molar refractivity (Wildman–Crippen MR) is 47.8 cm³/mol. The molecule has 3 heteroatoms. The molecule has 0 radical (unpaired) electrons. The Balaban J connectivity index is 3.85. The number of aliphatic hydroxyl groups excluding tert-OH is 1. The van der Waals surface area contributed by atoms with Gasteiger partial charge in [0, 0.05) is 0 Å². The summed E-state index contributed by atoms with van der Waals surface area (Å²) in [5.41, 5.74) is 0.640. The van der Waals surface area contributed by atoms with Crippen LogP contribution in [0.1, 0.15) is 33.1 Å². The molecule has 3 nitrogen and oxygen atoms in total. The van der Waals surface area contributed by atoms with Crippen molar-refractivity contribution in [3.63, 3.8) is 0 Å². The van der Waals surface area contributed by atoms with Crippen molar-refractivity contribution in [1.82, 2.24) is 0 Å². The third kappa shape index (κ3) is 3.85. The first-order valence-corrected chi connectivity index (χ1v) is 4.27. The summed E-state index contributed by atoms with van der Waals surface area (Å²) in [6.07, 6.45) is 1.29. The lowest BCUT2D eigenvalue weighted by molar-refractivity contribution is -0.286. The van der Waals surface area contributed by atoms with E-state index in [2.05, 4.69) is 11.5 Å². The summed E-state index contributed by atoms with van der Waals surface area (Å²) in [6, 6.07) is 0. The van der Waals surface area contributed by atoms with Crippen molar-refractivity contribution < 1.29 is 15.3 Å². The monoisotopic (exact) mass is 174 g/mol. The molecule has 0 fully saturated rings. The average molecular weight is 174 g/mol. The van der Waals surface area contributed by atoms with E-state index in [1.807, 2.05) is 6.92 Å². The molecule has 12 heavy (non-hydrogen) atoms. The van der Waals surface area contributed by atoms with Crippen molar-refractivity contribution >= 4 is 0 Å². The van der Waals surface area contributed by atoms with Crippen LogP contribution < -0.4 is 0 Å². The van der Waals surface area contributed by atoms with Gasteiger partial charge in [-0.2, -0.15) is 0 Å². The molecule has 0 saturated heterocycles. The molecular formula is C9H18O3. The maximum absolute atomic E-state index is 9.46. The summed E-state index contributed by atoms with van der Waals surface area (Å²) in [7, 11) is 0. The molecule has 0 aromatic heterocycles. The molecule has 72 valence electrons. The van der Waals surface area contributed by atoms with Gasteiger partial charge in [0.25, 0.3) is 0 Å². The Morgan fingerprint density at radius 1 is 1.58 bits per heavy atom. The fraction of sp³-hybridized carbons (Fsp3) is 0.778. The SMILES string of the molecule is C=C(C)[C@H](OO)[C@@H](O)CCCC. The van der Waals surface area contributed by atoms with E-state index >= 15 is 0 Å². The minimum atomic E-state index is -0.646. The molecule has 0 aromatic carbocycles. The van der Waals surface area contributed by atoms with E-state index in [1.54, 1.807) is 6.92 Å². The second kappa shape index (κ2) is 6.17. The van der Waals surface area contributed by atoms with Gasteiger partial charge in [0.15, 0.2) is 0 Å². The zero-order valence-electron chi connectivity index (χ0n) is 7.79. The average Bonchev–Trinajstić information content (AvgIpc) is 2.01. The van der Waals surface area contributed by atoms with E-state index in [0.717, 1.165) is 12.8 Å². The molecule has 0 aromatic rings. The highest BCUT2D eigenvalue weighted by atomic mass is 17.1. The molecule has 0 spiro atoms. The van der Waals surface area contributed by atoms with E-state index < -0.39 is 12.2 Å². The third-order valence-electron chi connectivity index (χ3n) is 1.80. The summed E-state index contributed by atoms with van der Waals surface area (Å²) in [5.74, 6) is 0. The molecule has 2 N–H and O–H groups in total. The Bertz CT molecular complexity index is 134. The lowest BCUT2D eigenvalue weighted by Gasteiger charge is -2.19. The molecule has 0 saturated carbocycles. The summed E-state index contributed by atoms with van der Waals surface area (Å²) < 4.78 is 0. The zero-order chi connectivity index (χ0) is 9.56. The molecule has 0 aliphatic carbocycles. The van der Waals surface area contributed by atoms with Crippen LogP contribution in [0.4, 0.5) is 0 Å². The van der Waals surface area contributed by atoms with Crippen LogP contribution in [0.2, 0.25) is 0 Å². The van der Waals surface area contributed by atoms with Crippen molar-refractivity contribution in [3.05, 3.63) is 12.2 Å². The van der Waals surface area contributed by atoms with Crippen molar-refractivity contribution in [2.75, 3.05) is 0 Å². The Morgan fingerprint density at radius 3 is 2.50 bits per heavy atom. The number of aliphatic hydroxyl groups is 1. The van der Waals surface area contributed by atoms with Crippen LogP contribution in [0.5, 0.6) is 0 Å². The smallest absolute Gasteiger partial charge is 0.139 e. The molecule has 0 amide bonds. The third-order valence-corrected chi connectivity index (χ3v) is 1.80. The van der Waals surface area contributed by atoms with Crippen LogP contribution in [0.15, 0.2) is 12.2 Å². The number of hydrogen-bond acceptors (Lipinski definition) is 3. The van der Waals surface area contributed by atoms with Gasteiger partial charge < -0.3 is 5.11 Å². The highest BCUT2D eigenvalue weighted by Gasteiger charge is 2.19. The van der Waals surface area contributed by atoms with E-state index in [0.29, 0.717) is 12.0 Å². The molecular weight excluding hydrogens is 156 g/mol. The maximum Gasteiger partial charge on any atom is 0.139 e. The minimum Gasteiger partial charge on any atom is -0.390 e. The molecule has 0 heterocycles. The zero-order valence-corrected chi connectivity index (χ0v) is 7.79. The number of rotatable bonds is 6. The Kier molecular flexibility index (Phi) is 5.98. The van der Waals surface area contributed by atoms with Gasteiger partial charge in [-0.1, -0.05) is 26.3 Å². The minimum absolute atomic E-state index is 0.634. The number of hydrogen-bond donors (Lipinski definition) is 2. The van der Waals surface area contributed by atoms with E-state index in [4.69, 9.17) is 5.26 Å². The van der Waals surface area contributed by atoms with E-state index in [-0.39, 0.29) is 0 Å². The molecule has 0 aliphatic heterocycles. The quantitative estimate of drug-likeness (QED) is 0.368. The van der Waals surface area contributed by atoms with Crippen molar-refractivity contribution in [2.45, 2.75) is 45.3 Å². The van der Waals surface area contributed by atoms with Gasteiger partial charge in [0.05, 0.1) is 6.10 Å². The topological polar surface area (TPSA) is 49.7 Å². The van der Waals surface area contributed by atoms with Crippen LogP contribution in [0.3, 0.4) is 0 Å². The Labute approximate surface area is 73.6 Å². The molecule has 0 rings (SSSR count). The van der Waals surface area contributed by atoms with E-state index in [9.17, 15) is 5.11 Å². The highest BCUT2D eigenvalue weighted by molar-refractivity contribution is 5.00. The summed E-state index contributed by atoms with van der Waals surface area (Å²) in [4.78, 5) is 4.12. The second-order valence-corrected chi connectivity index (χ2v) is 3.08. The first kappa shape index (κ1) is 11.6. The second-order valence-electron chi connectivity index (χ2n) is 3.08. The van der Waals surface area contributed by atoms with Gasteiger partial charge in [-0.05, 0) is 18.9 Å². The van der Waals surface area contributed by atoms with Gasteiger partial charge in [0.2, 0.25) is 0 Å². The van der Waals surface area contributed by atoms with Crippen molar-refractivity contribution in [3.8, 4) is 0 Å². The first-order chi connectivity index (χ1) is 5.63. The molecule has 0 unspecified atom stereocenters. The van der Waals surface area contributed by atoms with Crippen LogP contribution in [0.25, 0.3) is 0 Å². The van der Waals surface area contributed by atoms with Gasteiger partial charge in [-0.15, -0.1) is 0 Å². The van der Waals surface area contributed by atoms with Crippen LogP contribution in [-0.2, 0) is 4.89 Å². The Morgan fingerprint density at radius 2 is 2.17 bits per heavy atom. The standard InChI is InChI=1S/C9H18O3/c1-4-5-6-8(10)9(12-11)7(2)3/h8-11H,2,4-6H2,1,3H3/t8-,9-/m0/s1. The lowest BCUT2D eigenvalue weighted by atomic mass is 10.0. The van der Waals surface area contributed by atoms with Crippen molar-refractivity contribution in [1.29, 1.82) is 0 Å². The lowest BCUT2D eigenvalue weighted by Crippen LogP contribution is -2.28. The Hall–Kier alpha value is -0.380. The van der Waals surface area contributed by atoms with Gasteiger partial charge in [-0.25, -0.2) is 4.89 Å². The highest BCUT2D eigenvalue weighted by Crippen LogP contribution is 2.13. The van der Waals surface area contributed by atoms with E-state index in [1.165, 1.54) is 0 Å². The predicted octanol–water partition coefficient (Wildman–Crippen LogP) is 1.97. The largest absolute Gasteiger partial charge is 0.390 e. The fourth-order valence-electron chi connectivity index (χ4n) is 1.05. The van der Waals surface area contributed by atoms with Crippen LogP contribution >= 0.6 is 0 Å². The summed E-state index contributed by atoms with van der Waals surface area (Å²) in [5, 5.41) is 17.9. The van der Waals surface area contributed by atoms with Crippen LogP contribution in [0, 0.1) is 0 Å². The first-order valence-electron chi connectivity index (χ1n) is 4.27. The normalized spacial score (nSPS) is 15.7.